The lowest BCUT2D eigenvalue weighted by atomic mass is 9.92. The number of carbonyl (C=O) groups excluding carboxylic acids is 1. The Morgan fingerprint density at radius 3 is 2.75 bits per heavy atom. The van der Waals surface area contributed by atoms with Gasteiger partial charge in [-0.05, 0) is 38.0 Å². The molecule has 4 N–H and O–H groups in total. The monoisotopic (exact) mass is 228 g/mol. The molecule has 0 heterocycles. The van der Waals surface area contributed by atoms with Gasteiger partial charge < -0.3 is 16.2 Å². The van der Waals surface area contributed by atoms with Gasteiger partial charge in [-0.25, -0.2) is 0 Å². The molecule has 1 amide bonds. The first-order chi connectivity index (χ1) is 7.49. The summed E-state index contributed by atoms with van der Waals surface area (Å²) in [5.41, 5.74) is 5.80. The minimum absolute atomic E-state index is 0.0761. The molecule has 1 aliphatic carbocycles. The number of hydrogen-bond acceptors (Lipinski definition) is 3. The van der Waals surface area contributed by atoms with Crippen LogP contribution in [0, 0.1) is 5.92 Å². The molecule has 3 unspecified atom stereocenters. The van der Waals surface area contributed by atoms with Gasteiger partial charge >= 0.3 is 0 Å². The first-order valence-electron chi connectivity index (χ1n) is 6.23. The highest BCUT2D eigenvalue weighted by Crippen LogP contribution is 2.18. The molecule has 1 fully saturated rings. The van der Waals surface area contributed by atoms with Crippen LogP contribution in [0.1, 0.15) is 46.0 Å². The molecule has 3 atom stereocenters. The lowest BCUT2D eigenvalue weighted by Crippen LogP contribution is -2.47. The van der Waals surface area contributed by atoms with Crippen LogP contribution in [-0.2, 0) is 4.79 Å². The van der Waals surface area contributed by atoms with Crippen LogP contribution >= 0.6 is 0 Å². The zero-order valence-electron chi connectivity index (χ0n) is 10.3. The molecule has 4 heteroatoms. The Bertz CT molecular complexity index is 231. The van der Waals surface area contributed by atoms with E-state index in [1.807, 2.05) is 0 Å². The Labute approximate surface area is 97.6 Å². The fraction of sp³-hybridized carbons (Fsp3) is 0.917. The van der Waals surface area contributed by atoms with Gasteiger partial charge in [-0.15, -0.1) is 0 Å². The van der Waals surface area contributed by atoms with Gasteiger partial charge in [0.05, 0.1) is 12.1 Å². The third-order valence-electron chi connectivity index (χ3n) is 3.06. The van der Waals surface area contributed by atoms with Crippen molar-refractivity contribution in [2.75, 3.05) is 0 Å². The number of hydrogen-bond donors (Lipinski definition) is 3. The summed E-state index contributed by atoms with van der Waals surface area (Å²) in [6.45, 7) is 4.11. The van der Waals surface area contributed by atoms with E-state index in [-0.39, 0.29) is 18.1 Å². The van der Waals surface area contributed by atoms with Crippen molar-refractivity contribution in [3.05, 3.63) is 0 Å². The van der Waals surface area contributed by atoms with Crippen LogP contribution < -0.4 is 11.1 Å². The molecular formula is C12H24N2O2. The largest absolute Gasteiger partial charge is 0.393 e. The summed E-state index contributed by atoms with van der Waals surface area (Å²) < 4.78 is 0. The Hall–Kier alpha value is -0.610. The van der Waals surface area contributed by atoms with Gasteiger partial charge in [-0.3, -0.25) is 4.79 Å². The molecule has 0 saturated heterocycles. The Morgan fingerprint density at radius 1 is 1.50 bits per heavy atom. The predicted octanol–water partition coefficient (Wildman–Crippen LogP) is 0.779. The third-order valence-corrected chi connectivity index (χ3v) is 3.06. The van der Waals surface area contributed by atoms with Crippen LogP contribution in [-0.4, -0.2) is 29.2 Å². The number of carbonyl (C=O) groups is 1. The van der Waals surface area contributed by atoms with E-state index in [0.717, 1.165) is 19.3 Å². The van der Waals surface area contributed by atoms with Crippen LogP contribution in [0.5, 0.6) is 0 Å². The highest BCUT2D eigenvalue weighted by molar-refractivity contribution is 5.81. The second kappa shape index (κ2) is 6.21. The van der Waals surface area contributed by atoms with Crippen LogP contribution in [0.25, 0.3) is 0 Å². The SMILES string of the molecule is CC(C)CC(N)C(=O)NC1CCCC(O)C1. The average molecular weight is 228 g/mol. The van der Waals surface area contributed by atoms with Gasteiger partial charge in [-0.2, -0.15) is 0 Å². The minimum atomic E-state index is -0.418. The summed E-state index contributed by atoms with van der Waals surface area (Å²) in [6, 6.07) is -0.312. The van der Waals surface area contributed by atoms with Crippen molar-refractivity contribution >= 4 is 5.91 Å². The molecule has 0 spiro atoms. The molecule has 0 aromatic heterocycles. The van der Waals surface area contributed by atoms with Crippen molar-refractivity contribution in [3.8, 4) is 0 Å². The molecule has 16 heavy (non-hydrogen) atoms. The molecule has 0 radical (unpaired) electrons. The number of aliphatic hydroxyl groups is 1. The number of rotatable bonds is 4. The molecule has 0 bridgehead atoms. The minimum Gasteiger partial charge on any atom is -0.393 e. The van der Waals surface area contributed by atoms with E-state index in [1.165, 1.54) is 0 Å². The molecule has 0 aliphatic heterocycles. The predicted molar refractivity (Wildman–Crippen MR) is 63.8 cm³/mol. The lowest BCUT2D eigenvalue weighted by Gasteiger charge is -2.27. The van der Waals surface area contributed by atoms with E-state index in [4.69, 9.17) is 5.73 Å². The molecule has 0 aromatic carbocycles. The van der Waals surface area contributed by atoms with E-state index >= 15 is 0 Å². The van der Waals surface area contributed by atoms with E-state index in [2.05, 4.69) is 19.2 Å². The number of amides is 1. The second-order valence-corrected chi connectivity index (χ2v) is 5.26. The molecule has 4 nitrogen and oxygen atoms in total. The fourth-order valence-electron chi connectivity index (χ4n) is 2.22. The molecular weight excluding hydrogens is 204 g/mol. The van der Waals surface area contributed by atoms with Crippen molar-refractivity contribution < 1.29 is 9.90 Å². The Balaban J connectivity index is 2.32. The lowest BCUT2D eigenvalue weighted by molar-refractivity contribution is -0.123. The van der Waals surface area contributed by atoms with Crippen LogP contribution in [0.2, 0.25) is 0 Å². The average Bonchev–Trinajstić information content (AvgIpc) is 2.16. The Kier molecular flexibility index (Phi) is 5.22. The first-order valence-corrected chi connectivity index (χ1v) is 6.23. The Morgan fingerprint density at radius 2 is 2.19 bits per heavy atom. The van der Waals surface area contributed by atoms with E-state index in [0.29, 0.717) is 18.8 Å². The van der Waals surface area contributed by atoms with Crippen molar-refractivity contribution in [1.82, 2.24) is 5.32 Å². The van der Waals surface area contributed by atoms with Gasteiger partial charge in [0, 0.05) is 6.04 Å². The molecule has 94 valence electrons. The zero-order valence-corrected chi connectivity index (χ0v) is 10.3. The molecule has 0 aromatic rings. The molecule has 1 aliphatic rings. The smallest absolute Gasteiger partial charge is 0.237 e. The van der Waals surface area contributed by atoms with Crippen molar-refractivity contribution in [2.24, 2.45) is 11.7 Å². The maximum Gasteiger partial charge on any atom is 0.237 e. The fourth-order valence-corrected chi connectivity index (χ4v) is 2.22. The number of nitrogens with one attached hydrogen (secondary N) is 1. The summed E-state index contributed by atoms with van der Waals surface area (Å²) in [7, 11) is 0. The van der Waals surface area contributed by atoms with Gasteiger partial charge in [0.1, 0.15) is 0 Å². The van der Waals surface area contributed by atoms with Crippen molar-refractivity contribution in [3.63, 3.8) is 0 Å². The third kappa shape index (κ3) is 4.49. The van der Waals surface area contributed by atoms with Gasteiger partial charge in [0.2, 0.25) is 5.91 Å². The van der Waals surface area contributed by atoms with E-state index in [9.17, 15) is 9.90 Å². The van der Waals surface area contributed by atoms with Gasteiger partial charge in [0.15, 0.2) is 0 Å². The van der Waals surface area contributed by atoms with Crippen LogP contribution in [0.15, 0.2) is 0 Å². The van der Waals surface area contributed by atoms with Gasteiger partial charge in [0.25, 0.3) is 0 Å². The topological polar surface area (TPSA) is 75.4 Å². The highest BCUT2D eigenvalue weighted by Gasteiger charge is 2.23. The quantitative estimate of drug-likeness (QED) is 0.665. The summed E-state index contributed by atoms with van der Waals surface area (Å²) in [5, 5.41) is 12.4. The normalized spacial score (nSPS) is 27.8. The number of nitrogens with two attached hydrogens (primary N) is 1. The summed E-state index contributed by atoms with van der Waals surface area (Å²) >= 11 is 0. The van der Waals surface area contributed by atoms with Crippen molar-refractivity contribution in [1.29, 1.82) is 0 Å². The molecule has 1 saturated carbocycles. The standard InChI is InChI=1S/C12H24N2O2/c1-8(2)6-11(13)12(16)14-9-4-3-5-10(15)7-9/h8-11,15H,3-7,13H2,1-2H3,(H,14,16). The zero-order chi connectivity index (χ0) is 12.1. The summed E-state index contributed by atoms with van der Waals surface area (Å²) in [5.74, 6) is 0.352. The second-order valence-electron chi connectivity index (χ2n) is 5.26. The first kappa shape index (κ1) is 13.5. The summed E-state index contributed by atoms with van der Waals surface area (Å²) in [4.78, 5) is 11.7. The van der Waals surface area contributed by atoms with Crippen LogP contribution in [0.4, 0.5) is 0 Å². The summed E-state index contributed by atoms with van der Waals surface area (Å²) in [6.07, 6.45) is 3.90. The van der Waals surface area contributed by atoms with Crippen molar-refractivity contribution in [2.45, 2.75) is 64.1 Å². The maximum atomic E-state index is 11.7. The van der Waals surface area contributed by atoms with Crippen LogP contribution in [0.3, 0.4) is 0 Å². The number of aliphatic hydroxyl groups excluding tert-OH is 1. The van der Waals surface area contributed by atoms with E-state index in [1.54, 1.807) is 0 Å². The highest BCUT2D eigenvalue weighted by atomic mass is 16.3. The van der Waals surface area contributed by atoms with E-state index < -0.39 is 6.04 Å². The molecule has 1 rings (SSSR count). The van der Waals surface area contributed by atoms with Gasteiger partial charge in [-0.1, -0.05) is 13.8 Å². The maximum absolute atomic E-state index is 11.7.